The Morgan fingerprint density at radius 2 is 1.82 bits per heavy atom. The van der Waals surface area contributed by atoms with E-state index in [9.17, 15) is 9.59 Å². The largest absolute Gasteiger partial charge is 0.465 e. The highest BCUT2D eigenvalue weighted by Crippen LogP contribution is 2.26. The molecule has 0 radical (unpaired) electrons. The summed E-state index contributed by atoms with van der Waals surface area (Å²) >= 11 is 0. The molecule has 0 spiro atoms. The maximum atomic E-state index is 13.1. The molecule has 0 bridgehead atoms. The van der Waals surface area contributed by atoms with Crippen molar-refractivity contribution in [3.8, 4) is 17.5 Å². The van der Waals surface area contributed by atoms with E-state index in [-0.39, 0.29) is 24.0 Å². The second kappa shape index (κ2) is 9.79. The molecule has 34 heavy (non-hydrogen) atoms. The number of aromatic nitrogens is 3. The summed E-state index contributed by atoms with van der Waals surface area (Å²) in [5.74, 6) is -0.214. The van der Waals surface area contributed by atoms with Gasteiger partial charge in [0, 0.05) is 24.3 Å². The number of nitrogens with one attached hydrogen (secondary N) is 3. The van der Waals surface area contributed by atoms with E-state index in [1.54, 1.807) is 16.8 Å². The van der Waals surface area contributed by atoms with Crippen molar-refractivity contribution in [2.24, 2.45) is 0 Å². The van der Waals surface area contributed by atoms with Gasteiger partial charge in [0.05, 0.1) is 39.9 Å². The number of anilines is 1. The van der Waals surface area contributed by atoms with Gasteiger partial charge < -0.3 is 21.1 Å². The first kappa shape index (κ1) is 23.0. The van der Waals surface area contributed by atoms with E-state index < -0.39 is 6.09 Å². The van der Waals surface area contributed by atoms with Gasteiger partial charge >= 0.3 is 6.09 Å². The van der Waals surface area contributed by atoms with Crippen LogP contribution in [0.4, 0.5) is 10.5 Å². The van der Waals surface area contributed by atoms with Crippen LogP contribution in [0.3, 0.4) is 0 Å². The highest BCUT2D eigenvalue weighted by molar-refractivity contribution is 6.00. The molecule has 1 saturated carbocycles. The van der Waals surface area contributed by atoms with Gasteiger partial charge in [0.1, 0.15) is 6.07 Å². The number of carboxylic acid groups (broad SMARTS) is 1. The van der Waals surface area contributed by atoms with E-state index in [1.807, 2.05) is 32.0 Å². The van der Waals surface area contributed by atoms with Crippen LogP contribution in [-0.2, 0) is 0 Å². The van der Waals surface area contributed by atoms with Gasteiger partial charge in [-0.25, -0.2) is 9.31 Å². The molecule has 3 heterocycles. The Kier molecular flexibility index (Phi) is 6.63. The first-order chi connectivity index (χ1) is 16.3. The van der Waals surface area contributed by atoms with Crippen LogP contribution >= 0.6 is 0 Å². The lowest BCUT2D eigenvalue weighted by Crippen LogP contribution is -2.43. The molecular weight excluding hydrogens is 434 g/mol. The first-order valence-corrected chi connectivity index (χ1v) is 11.3. The average molecular weight is 462 g/mol. The molecule has 4 rings (SSSR count). The molecule has 0 atom stereocenters. The number of carbonyl (C=O) groups is 2. The predicted molar refractivity (Wildman–Crippen MR) is 127 cm³/mol. The minimum atomic E-state index is -1.01. The third kappa shape index (κ3) is 5.09. The SMILES string of the molecule is CC(C)Nc1cc(-c2ccc3cc(C#N)cnn23)ncc1C(=O)N[C@H]1CC[C@H](NC(=O)O)CC1. The van der Waals surface area contributed by atoms with Crippen molar-refractivity contribution < 1.29 is 14.7 Å². The lowest BCUT2D eigenvalue weighted by molar-refractivity contribution is 0.0923. The number of hydrogen-bond acceptors (Lipinski definition) is 6. The number of rotatable bonds is 6. The molecule has 3 aromatic heterocycles. The number of nitrogens with zero attached hydrogens (tertiary/aromatic N) is 4. The van der Waals surface area contributed by atoms with Crippen LogP contribution < -0.4 is 16.0 Å². The van der Waals surface area contributed by atoms with E-state index >= 15 is 0 Å². The van der Waals surface area contributed by atoms with E-state index in [0.717, 1.165) is 11.2 Å². The molecule has 0 saturated heterocycles. The van der Waals surface area contributed by atoms with Gasteiger partial charge in [-0.05, 0) is 63.8 Å². The maximum Gasteiger partial charge on any atom is 0.404 e. The maximum absolute atomic E-state index is 13.1. The molecule has 1 fully saturated rings. The third-order valence-corrected chi connectivity index (χ3v) is 5.87. The molecule has 176 valence electrons. The first-order valence-electron chi connectivity index (χ1n) is 11.3. The Morgan fingerprint density at radius 3 is 2.47 bits per heavy atom. The molecule has 0 unspecified atom stereocenters. The van der Waals surface area contributed by atoms with Gasteiger partial charge in [-0.3, -0.25) is 9.78 Å². The topological polar surface area (TPSA) is 144 Å². The highest BCUT2D eigenvalue weighted by Gasteiger charge is 2.25. The van der Waals surface area contributed by atoms with Crippen molar-refractivity contribution >= 4 is 23.2 Å². The van der Waals surface area contributed by atoms with Gasteiger partial charge in [-0.1, -0.05) is 0 Å². The van der Waals surface area contributed by atoms with Gasteiger partial charge in [0.15, 0.2) is 0 Å². The molecule has 1 aliphatic carbocycles. The Bertz CT molecular complexity index is 1250. The molecule has 3 aromatic rings. The molecule has 2 amide bonds. The van der Waals surface area contributed by atoms with Crippen molar-refractivity contribution in [2.45, 2.75) is 57.7 Å². The Labute approximate surface area is 197 Å². The third-order valence-electron chi connectivity index (χ3n) is 5.87. The molecule has 0 aromatic carbocycles. The summed E-state index contributed by atoms with van der Waals surface area (Å²) in [6.07, 6.45) is 4.85. The van der Waals surface area contributed by atoms with Crippen LogP contribution in [0.5, 0.6) is 0 Å². The smallest absolute Gasteiger partial charge is 0.404 e. The molecule has 10 heteroatoms. The molecular formula is C24H27N7O3. The molecule has 10 nitrogen and oxygen atoms in total. The zero-order valence-corrected chi connectivity index (χ0v) is 19.1. The van der Waals surface area contributed by atoms with E-state index in [0.29, 0.717) is 48.2 Å². The fraction of sp³-hybridized carbons (Fsp3) is 0.375. The zero-order valence-electron chi connectivity index (χ0n) is 19.1. The summed E-state index contributed by atoms with van der Waals surface area (Å²) < 4.78 is 1.71. The summed E-state index contributed by atoms with van der Waals surface area (Å²) in [6, 6.07) is 9.45. The van der Waals surface area contributed by atoms with Gasteiger partial charge in [0.25, 0.3) is 5.91 Å². The van der Waals surface area contributed by atoms with Crippen LogP contribution in [0.25, 0.3) is 16.9 Å². The summed E-state index contributed by atoms with van der Waals surface area (Å²) in [7, 11) is 0. The van der Waals surface area contributed by atoms with Crippen molar-refractivity contribution in [2.75, 3.05) is 5.32 Å². The zero-order chi connectivity index (χ0) is 24.2. The molecule has 0 aliphatic heterocycles. The number of amides is 2. The van der Waals surface area contributed by atoms with E-state index in [4.69, 9.17) is 10.4 Å². The van der Waals surface area contributed by atoms with E-state index in [1.165, 1.54) is 6.20 Å². The Hall–Kier alpha value is -4.13. The van der Waals surface area contributed by atoms with Crippen LogP contribution in [0.15, 0.2) is 36.7 Å². The number of hydrogen-bond donors (Lipinski definition) is 4. The fourth-order valence-electron chi connectivity index (χ4n) is 4.28. The monoisotopic (exact) mass is 461 g/mol. The average Bonchev–Trinajstić information content (AvgIpc) is 3.22. The predicted octanol–water partition coefficient (Wildman–Crippen LogP) is 3.40. The quantitative estimate of drug-likeness (QED) is 0.440. The summed E-state index contributed by atoms with van der Waals surface area (Å²) in [5.41, 5.74) is 3.78. The number of carbonyl (C=O) groups excluding carboxylic acids is 1. The minimum absolute atomic E-state index is 0.0148. The fourth-order valence-corrected chi connectivity index (χ4v) is 4.28. The second-order valence-corrected chi connectivity index (χ2v) is 8.80. The van der Waals surface area contributed by atoms with Crippen LogP contribution in [-0.4, -0.2) is 49.8 Å². The Morgan fingerprint density at radius 1 is 1.12 bits per heavy atom. The Balaban J connectivity index is 1.55. The molecule has 1 aliphatic rings. The second-order valence-electron chi connectivity index (χ2n) is 8.80. The van der Waals surface area contributed by atoms with E-state index in [2.05, 4.69) is 32.1 Å². The summed E-state index contributed by atoms with van der Waals surface area (Å²) in [6.45, 7) is 3.99. The minimum Gasteiger partial charge on any atom is -0.465 e. The van der Waals surface area contributed by atoms with Crippen LogP contribution in [0.2, 0.25) is 0 Å². The highest BCUT2D eigenvalue weighted by atomic mass is 16.4. The molecule has 4 N–H and O–H groups in total. The summed E-state index contributed by atoms with van der Waals surface area (Å²) in [5, 5.41) is 31.3. The van der Waals surface area contributed by atoms with Gasteiger partial charge in [-0.15, -0.1) is 0 Å². The van der Waals surface area contributed by atoms with Crippen LogP contribution in [0, 0.1) is 11.3 Å². The van der Waals surface area contributed by atoms with Gasteiger partial charge in [-0.2, -0.15) is 10.4 Å². The number of fused-ring (bicyclic) bond motifs is 1. The number of nitriles is 1. The lowest BCUT2D eigenvalue weighted by Gasteiger charge is -2.29. The lowest BCUT2D eigenvalue weighted by atomic mass is 9.91. The van der Waals surface area contributed by atoms with Gasteiger partial charge in [0.2, 0.25) is 0 Å². The number of pyridine rings is 1. The van der Waals surface area contributed by atoms with Crippen molar-refractivity contribution in [1.29, 1.82) is 5.26 Å². The van der Waals surface area contributed by atoms with Crippen molar-refractivity contribution in [1.82, 2.24) is 25.2 Å². The standard InChI is InChI=1S/C24H27N7O3/c1-14(2)28-20-10-21(22-8-7-18-9-15(11-25)12-27-31(18)22)26-13-19(20)23(32)29-16-3-5-17(6-4-16)30-24(33)34/h7-10,12-14,16-17,30H,3-6H2,1-2H3,(H,26,28)(H,29,32)(H,33,34)/t16-,17-. The normalized spacial score (nSPS) is 17.8. The summed E-state index contributed by atoms with van der Waals surface area (Å²) in [4.78, 5) is 28.5. The van der Waals surface area contributed by atoms with Crippen LogP contribution in [0.1, 0.15) is 55.5 Å². The van der Waals surface area contributed by atoms with Crippen molar-refractivity contribution in [3.05, 3.63) is 47.8 Å². The van der Waals surface area contributed by atoms with Crippen molar-refractivity contribution in [3.63, 3.8) is 0 Å².